The molecule has 1 N–H and O–H groups in total. The summed E-state index contributed by atoms with van der Waals surface area (Å²) < 4.78 is 1.08. The number of aliphatic hydroxyl groups excluding tert-OH is 1. The highest BCUT2D eigenvalue weighted by Crippen LogP contribution is 2.22. The minimum absolute atomic E-state index is 0.174. The molecule has 0 unspecified atom stereocenters. The number of halogens is 1. The van der Waals surface area contributed by atoms with E-state index in [1.165, 1.54) is 4.90 Å². The number of thioether (sulfide) groups is 1. The maximum absolute atomic E-state index is 11.8. The molecule has 0 spiro atoms. The van der Waals surface area contributed by atoms with Gasteiger partial charge in [-0.2, -0.15) is 0 Å². The van der Waals surface area contributed by atoms with Crippen LogP contribution in [0.15, 0.2) is 33.6 Å². The summed E-state index contributed by atoms with van der Waals surface area (Å²) in [5, 5.41) is 9.39. The van der Waals surface area contributed by atoms with Crippen LogP contribution in [0.2, 0.25) is 0 Å². The highest BCUT2D eigenvalue weighted by molar-refractivity contribution is 9.10. The standard InChI is InChI=1S/C14H18BrNO2S/c15-11-3-5-13(6-4-11)19-9-1-2-14(18)16-8-7-12(17)10-16/h3-6,12,17H,1-2,7-10H2/t12-/m1/s1. The molecular formula is C14H18BrNO2S. The van der Waals surface area contributed by atoms with E-state index in [-0.39, 0.29) is 12.0 Å². The first kappa shape index (κ1) is 14.9. The summed E-state index contributed by atoms with van der Waals surface area (Å²) in [7, 11) is 0. The van der Waals surface area contributed by atoms with Gasteiger partial charge in [-0.05, 0) is 42.9 Å². The molecule has 3 nitrogen and oxygen atoms in total. The number of benzene rings is 1. The topological polar surface area (TPSA) is 40.5 Å². The van der Waals surface area contributed by atoms with E-state index in [0.717, 1.165) is 23.1 Å². The molecule has 0 aliphatic carbocycles. The van der Waals surface area contributed by atoms with Crippen LogP contribution in [0.4, 0.5) is 0 Å². The Morgan fingerprint density at radius 3 is 2.79 bits per heavy atom. The molecule has 5 heteroatoms. The highest BCUT2D eigenvalue weighted by Gasteiger charge is 2.23. The van der Waals surface area contributed by atoms with E-state index in [1.807, 2.05) is 12.1 Å². The van der Waals surface area contributed by atoms with Gasteiger partial charge < -0.3 is 10.0 Å². The molecule has 2 rings (SSSR count). The van der Waals surface area contributed by atoms with Crippen LogP contribution in [0.3, 0.4) is 0 Å². The van der Waals surface area contributed by atoms with Crippen molar-refractivity contribution >= 4 is 33.6 Å². The van der Waals surface area contributed by atoms with Crippen LogP contribution in [0.1, 0.15) is 19.3 Å². The molecule has 0 saturated carbocycles. The Morgan fingerprint density at radius 2 is 2.16 bits per heavy atom. The zero-order chi connectivity index (χ0) is 13.7. The zero-order valence-electron chi connectivity index (χ0n) is 10.7. The van der Waals surface area contributed by atoms with Crippen molar-refractivity contribution in [3.8, 4) is 0 Å². The zero-order valence-corrected chi connectivity index (χ0v) is 13.1. The third-order valence-electron chi connectivity index (χ3n) is 3.13. The van der Waals surface area contributed by atoms with Gasteiger partial charge in [-0.1, -0.05) is 15.9 Å². The molecule has 1 aliphatic rings. The number of hydrogen-bond acceptors (Lipinski definition) is 3. The summed E-state index contributed by atoms with van der Waals surface area (Å²) in [5.41, 5.74) is 0. The van der Waals surface area contributed by atoms with Crippen LogP contribution in [0.5, 0.6) is 0 Å². The van der Waals surface area contributed by atoms with E-state index in [2.05, 4.69) is 28.1 Å². The number of carbonyl (C=O) groups excluding carboxylic acids is 1. The predicted octanol–water partition coefficient (Wildman–Crippen LogP) is 2.91. The number of aliphatic hydroxyl groups is 1. The van der Waals surface area contributed by atoms with E-state index in [9.17, 15) is 9.90 Å². The highest BCUT2D eigenvalue weighted by atomic mass is 79.9. The molecule has 1 fully saturated rings. The van der Waals surface area contributed by atoms with Crippen LogP contribution in [-0.4, -0.2) is 40.9 Å². The summed E-state index contributed by atoms with van der Waals surface area (Å²) >= 11 is 5.18. The van der Waals surface area contributed by atoms with Gasteiger partial charge in [-0.15, -0.1) is 11.8 Å². The van der Waals surface area contributed by atoms with Crippen LogP contribution in [0, 0.1) is 0 Å². The molecule has 1 aromatic carbocycles. The van der Waals surface area contributed by atoms with Gasteiger partial charge in [0.2, 0.25) is 5.91 Å². The van der Waals surface area contributed by atoms with Crippen molar-refractivity contribution in [3.05, 3.63) is 28.7 Å². The van der Waals surface area contributed by atoms with Gasteiger partial charge in [0.1, 0.15) is 0 Å². The first-order chi connectivity index (χ1) is 9.15. The Labute approximate surface area is 126 Å². The van der Waals surface area contributed by atoms with Gasteiger partial charge in [0.15, 0.2) is 0 Å². The number of amides is 1. The van der Waals surface area contributed by atoms with E-state index >= 15 is 0 Å². The van der Waals surface area contributed by atoms with Crippen molar-refractivity contribution in [1.82, 2.24) is 4.90 Å². The summed E-state index contributed by atoms with van der Waals surface area (Å²) in [6.07, 6.45) is 1.86. The fraction of sp³-hybridized carbons (Fsp3) is 0.500. The average Bonchev–Trinajstić information content (AvgIpc) is 2.83. The number of hydrogen-bond donors (Lipinski definition) is 1. The number of carbonyl (C=O) groups is 1. The first-order valence-corrected chi connectivity index (χ1v) is 8.27. The SMILES string of the molecule is O=C(CCCSc1ccc(Br)cc1)N1CC[C@@H](O)C1. The van der Waals surface area contributed by atoms with Gasteiger partial charge in [-0.25, -0.2) is 0 Å². The normalized spacial score (nSPS) is 18.8. The quantitative estimate of drug-likeness (QED) is 0.660. The number of β-amino-alcohol motifs (C(OH)–C–C–N with tert-alkyl or cyclic N) is 1. The molecule has 1 atom stereocenters. The van der Waals surface area contributed by atoms with E-state index < -0.39 is 0 Å². The lowest BCUT2D eigenvalue weighted by Crippen LogP contribution is -2.29. The Bertz CT molecular complexity index is 424. The van der Waals surface area contributed by atoms with Gasteiger partial charge >= 0.3 is 0 Å². The average molecular weight is 344 g/mol. The molecule has 1 heterocycles. The molecule has 1 aliphatic heterocycles. The maximum Gasteiger partial charge on any atom is 0.222 e. The molecule has 0 aromatic heterocycles. The van der Waals surface area contributed by atoms with Gasteiger partial charge in [0.25, 0.3) is 0 Å². The number of likely N-dealkylation sites (tertiary alicyclic amines) is 1. The summed E-state index contributed by atoms with van der Waals surface area (Å²) in [6, 6.07) is 8.21. The monoisotopic (exact) mass is 343 g/mol. The molecule has 1 amide bonds. The minimum atomic E-state index is -0.318. The lowest BCUT2D eigenvalue weighted by Gasteiger charge is -2.15. The summed E-state index contributed by atoms with van der Waals surface area (Å²) in [5.74, 6) is 1.12. The molecule has 1 saturated heterocycles. The molecule has 104 valence electrons. The van der Waals surface area contributed by atoms with Crippen molar-refractivity contribution in [2.75, 3.05) is 18.8 Å². The third-order valence-corrected chi connectivity index (χ3v) is 4.76. The first-order valence-electron chi connectivity index (χ1n) is 6.49. The smallest absolute Gasteiger partial charge is 0.222 e. The Hall–Kier alpha value is -0.520. The largest absolute Gasteiger partial charge is 0.391 e. The minimum Gasteiger partial charge on any atom is -0.391 e. The van der Waals surface area contributed by atoms with E-state index in [4.69, 9.17) is 0 Å². The fourth-order valence-corrected chi connectivity index (χ4v) is 3.19. The van der Waals surface area contributed by atoms with Crippen molar-refractivity contribution in [2.24, 2.45) is 0 Å². The Kier molecular flexibility index (Phi) is 5.73. The van der Waals surface area contributed by atoms with Gasteiger partial charge in [0.05, 0.1) is 6.10 Å². The van der Waals surface area contributed by atoms with Gasteiger partial charge in [0, 0.05) is 28.9 Å². The van der Waals surface area contributed by atoms with Crippen molar-refractivity contribution in [3.63, 3.8) is 0 Å². The number of rotatable bonds is 5. The van der Waals surface area contributed by atoms with Gasteiger partial charge in [-0.3, -0.25) is 4.79 Å². The van der Waals surface area contributed by atoms with Crippen LogP contribution in [-0.2, 0) is 4.79 Å². The second-order valence-corrected chi connectivity index (χ2v) is 6.77. The van der Waals surface area contributed by atoms with Crippen LogP contribution < -0.4 is 0 Å². The van der Waals surface area contributed by atoms with E-state index in [1.54, 1.807) is 16.7 Å². The van der Waals surface area contributed by atoms with E-state index in [0.29, 0.717) is 19.5 Å². The Morgan fingerprint density at radius 1 is 1.42 bits per heavy atom. The second kappa shape index (κ2) is 7.31. The second-order valence-electron chi connectivity index (χ2n) is 4.69. The predicted molar refractivity (Wildman–Crippen MR) is 81.3 cm³/mol. The molecule has 0 bridgehead atoms. The summed E-state index contributed by atoms with van der Waals surface area (Å²) in [6.45, 7) is 1.22. The van der Waals surface area contributed by atoms with Crippen LogP contribution in [0.25, 0.3) is 0 Å². The lowest BCUT2D eigenvalue weighted by atomic mass is 10.3. The molecule has 1 aromatic rings. The van der Waals surface area contributed by atoms with Crippen LogP contribution >= 0.6 is 27.7 Å². The summed E-state index contributed by atoms with van der Waals surface area (Å²) in [4.78, 5) is 14.8. The number of nitrogens with zero attached hydrogens (tertiary/aromatic N) is 1. The fourth-order valence-electron chi connectivity index (χ4n) is 2.07. The van der Waals surface area contributed by atoms with Crippen molar-refractivity contribution in [2.45, 2.75) is 30.3 Å². The lowest BCUT2D eigenvalue weighted by molar-refractivity contribution is -0.130. The maximum atomic E-state index is 11.8. The van der Waals surface area contributed by atoms with Crippen molar-refractivity contribution < 1.29 is 9.90 Å². The molecular weight excluding hydrogens is 326 g/mol. The molecule has 19 heavy (non-hydrogen) atoms. The Balaban J connectivity index is 1.64. The third kappa shape index (κ3) is 4.82. The molecule has 0 radical (unpaired) electrons. The van der Waals surface area contributed by atoms with Crippen molar-refractivity contribution in [1.29, 1.82) is 0 Å².